The summed E-state index contributed by atoms with van der Waals surface area (Å²) >= 11 is 5.70. The van der Waals surface area contributed by atoms with Crippen molar-refractivity contribution in [3.8, 4) is 28.1 Å². The summed E-state index contributed by atoms with van der Waals surface area (Å²) in [6.07, 6.45) is -0.208. The number of nitrogens with zero attached hydrogens (tertiary/aromatic N) is 3. The fourth-order valence-electron chi connectivity index (χ4n) is 5.16. The van der Waals surface area contributed by atoms with Crippen LogP contribution in [0.3, 0.4) is 0 Å². The number of halogens is 4. The van der Waals surface area contributed by atoms with Crippen molar-refractivity contribution in [2.75, 3.05) is 10.6 Å². The summed E-state index contributed by atoms with van der Waals surface area (Å²) in [5.41, 5.74) is 6.35. The molecule has 2 heterocycles. The highest BCUT2D eigenvalue weighted by Crippen LogP contribution is 2.37. The Morgan fingerprint density at radius 3 is 2.29 bits per heavy atom. The van der Waals surface area contributed by atoms with Gasteiger partial charge in [-0.2, -0.15) is 13.2 Å². The number of aryl methyl sites for hydroxylation is 2. The van der Waals surface area contributed by atoms with Crippen molar-refractivity contribution in [2.45, 2.75) is 26.4 Å². The average Bonchev–Trinajstić information content (AvgIpc) is 3.41. The standard InChI is InChI=1S/C35H27ClF3N5O/c1-3-25-18-33(41-20-40-25)44-19-29(22-9-7-21(2)8-10-22)28-13-11-24(16-32(28)44)23-5-4-6-26(15-23)42-34(45)43-27-12-14-31(36)30(17-27)35(37,38)39/h4-20H,3H2,1-2H3,(H2,42,43,45). The molecule has 0 aliphatic rings. The molecule has 0 fully saturated rings. The van der Waals surface area contributed by atoms with E-state index in [0.717, 1.165) is 63.2 Å². The van der Waals surface area contributed by atoms with E-state index in [4.69, 9.17) is 11.6 Å². The molecule has 2 N–H and O–H groups in total. The van der Waals surface area contributed by atoms with Gasteiger partial charge in [0.1, 0.15) is 12.1 Å². The Hall–Kier alpha value is -5.15. The molecule has 0 atom stereocenters. The molecule has 0 spiro atoms. The molecule has 6 nitrogen and oxygen atoms in total. The van der Waals surface area contributed by atoms with Crippen molar-refractivity contribution in [3.05, 3.63) is 125 Å². The van der Waals surface area contributed by atoms with Crippen LogP contribution < -0.4 is 10.6 Å². The smallest absolute Gasteiger partial charge is 0.308 e. The zero-order chi connectivity index (χ0) is 31.7. The zero-order valence-corrected chi connectivity index (χ0v) is 25.0. The lowest BCUT2D eigenvalue weighted by atomic mass is 10.00. The van der Waals surface area contributed by atoms with Gasteiger partial charge in [-0.15, -0.1) is 0 Å². The van der Waals surface area contributed by atoms with Gasteiger partial charge in [-0.3, -0.25) is 0 Å². The number of urea groups is 1. The Balaban J connectivity index is 1.33. The van der Waals surface area contributed by atoms with Crippen LogP contribution in [0.4, 0.5) is 29.3 Å². The molecule has 6 aromatic rings. The first-order chi connectivity index (χ1) is 21.6. The minimum Gasteiger partial charge on any atom is -0.308 e. The molecule has 0 bridgehead atoms. The molecule has 10 heteroatoms. The molecular weight excluding hydrogens is 599 g/mol. The van der Waals surface area contributed by atoms with Crippen LogP contribution in [0.15, 0.2) is 104 Å². The normalized spacial score (nSPS) is 11.5. The molecule has 226 valence electrons. The first kappa shape index (κ1) is 29.9. The Labute approximate surface area is 262 Å². The van der Waals surface area contributed by atoms with Crippen LogP contribution >= 0.6 is 11.6 Å². The van der Waals surface area contributed by atoms with Crippen LogP contribution in [-0.4, -0.2) is 20.6 Å². The van der Waals surface area contributed by atoms with Crippen LogP contribution in [-0.2, 0) is 12.6 Å². The minimum atomic E-state index is -4.65. The van der Waals surface area contributed by atoms with E-state index in [2.05, 4.69) is 74.7 Å². The number of nitrogens with one attached hydrogen (secondary N) is 2. The second kappa shape index (κ2) is 12.1. The second-order valence-electron chi connectivity index (χ2n) is 10.6. The molecule has 6 rings (SSSR count). The predicted molar refractivity (Wildman–Crippen MR) is 173 cm³/mol. The molecule has 0 unspecified atom stereocenters. The molecule has 2 aromatic heterocycles. The number of amides is 2. The lowest BCUT2D eigenvalue weighted by molar-refractivity contribution is -0.137. The lowest BCUT2D eigenvalue weighted by Crippen LogP contribution is -2.20. The number of aromatic nitrogens is 3. The van der Waals surface area contributed by atoms with Crippen LogP contribution in [0, 0.1) is 6.92 Å². The highest BCUT2D eigenvalue weighted by atomic mass is 35.5. The molecular formula is C35H27ClF3N5O. The fourth-order valence-corrected chi connectivity index (χ4v) is 5.38. The average molecular weight is 626 g/mol. The summed E-state index contributed by atoms with van der Waals surface area (Å²) in [5.74, 6) is 0.755. The largest absolute Gasteiger partial charge is 0.417 e. The van der Waals surface area contributed by atoms with Gasteiger partial charge in [0.15, 0.2) is 0 Å². The van der Waals surface area contributed by atoms with E-state index < -0.39 is 22.8 Å². The van der Waals surface area contributed by atoms with Gasteiger partial charge in [0.2, 0.25) is 0 Å². The Morgan fingerprint density at radius 2 is 1.56 bits per heavy atom. The summed E-state index contributed by atoms with van der Waals surface area (Å²) in [7, 11) is 0. The van der Waals surface area contributed by atoms with Gasteiger partial charge in [0.05, 0.1) is 16.1 Å². The van der Waals surface area contributed by atoms with Gasteiger partial charge in [0, 0.05) is 40.3 Å². The highest BCUT2D eigenvalue weighted by Gasteiger charge is 2.33. The number of hydrogen-bond donors (Lipinski definition) is 2. The maximum atomic E-state index is 13.3. The predicted octanol–water partition coefficient (Wildman–Crippen LogP) is 9.94. The maximum Gasteiger partial charge on any atom is 0.417 e. The van der Waals surface area contributed by atoms with Crippen molar-refractivity contribution >= 4 is 39.9 Å². The highest BCUT2D eigenvalue weighted by molar-refractivity contribution is 6.31. The molecule has 0 saturated carbocycles. The van der Waals surface area contributed by atoms with Gasteiger partial charge >= 0.3 is 12.2 Å². The summed E-state index contributed by atoms with van der Waals surface area (Å²) in [6.45, 7) is 4.10. The fraction of sp³-hybridized carbons (Fsp3) is 0.114. The number of carbonyl (C=O) groups is 1. The van der Waals surface area contributed by atoms with Crippen LogP contribution in [0.1, 0.15) is 23.7 Å². The number of benzene rings is 4. The Bertz CT molecular complexity index is 2040. The summed E-state index contributed by atoms with van der Waals surface area (Å²) in [4.78, 5) is 21.6. The minimum absolute atomic E-state index is 0.0353. The third kappa shape index (κ3) is 6.39. The monoisotopic (exact) mass is 625 g/mol. The number of alkyl halides is 3. The molecule has 45 heavy (non-hydrogen) atoms. The maximum absolute atomic E-state index is 13.3. The van der Waals surface area contributed by atoms with Crippen molar-refractivity contribution in [1.29, 1.82) is 0 Å². The lowest BCUT2D eigenvalue weighted by Gasteiger charge is -2.13. The van der Waals surface area contributed by atoms with Gasteiger partial charge < -0.3 is 15.2 Å². The number of anilines is 2. The topological polar surface area (TPSA) is 71.8 Å². The molecule has 0 aliphatic carbocycles. The van der Waals surface area contributed by atoms with Crippen molar-refractivity contribution < 1.29 is 18.0 Å². The SMILES string of the molecule is CCc1cc(-n2cc(-c3ccc(C)cc3)c3ccc(-c4cccc(NC(=O)Nc5ccc(Cl)c(C(F)(F)F)c5)c4)cc32)ncn1. The molecule has 4 aromatic carbocycles. The first-order valence-electron chi connectivity index (χ1n) is 14.2. The van der Waals surface area contributed by atoms with Crippen LogP contribution in [0.2, 0.25) is 5.02 Å². The van der Waals surface area contributed by atoms with Gasteiger partial charge in [-0.25, -0.2) is 14.8 Å². The van der Waals surface area contributed by atoms with Crippen molar-refractivity contribution in [2.24, 2.45) is 0 Å². The number of rotatable bonds is 6. The summed E-state index contributed by atoms with van der Waals surface area (Å²) in [5, 5.41) is 5.76. The van der Waals surface area contributed by atoms with E-state index in [1.165, 1.54) is 11.6 Å². The van der Waals surface area contributed by atoms with Gasteiger partial charge in [0.25, 0.3) is 0 Å². The second-order valence-corrected chi connectivity index (χ2v) is 11.0. The van der Waals surface area contributed by atoms with Gasteiger partial charge in [-0.1, -0.05) is 72.6 Å². The molecule has 0 saturated heterocycles. The zero-order valence-electron chi connectivity index (χ0n) is 24.3. The molecule has 0 radical (unpaired) electrons. The number of hydrogen-bond acceptors (Lipinski definition) is 3. The van der Waals surface area contributed by atoms with E-state index in [-0.39, 0.29) is 5.69 Å². The number of fused-ring (bicyclic) bond motifs is 1. The van der Waals surface area contributed by atoms with Gasteiger partial charge in [-0.05, 0) is 66.4 Å². The van der Waals surface area contributed by atoms with Crippen LogP contribution in [0.5, 0.6) is 0 Å². The quantitative estimate of drug-likeness (QED) is 0.193. The first-order valence-corrected chi connectivity index (χ1v) is 14.6. The summed E-state index contributed by atoms with van der Waals surface area (Å²) < 4.78 is 41.8. The van der Waals surface area contributed by atoms with Crippen molar-refractivity contribution in [3.63, 3.8) is 0 Å². The van der Waals surface area contributed by atoms with E-state index >= 15 is 0 Å². The van der Waals surface area contributed by atoms with Crippen molar-refractivity contribution in [1.82, 2.24) is 14.5 Å². The Morgan fingerprint density at radius 1 is 0.844 bits per heavy atom. The van der Waals surface area contributed by atoms with E-state index in [0.29, 0.717) is 5.69 Å². The van der Waals surface area contributed by atoms with E-state index in [9.17, 15) is 18.0 Å². The van der Waals surface area contributed by atoms with E-state index in [1.807, 2.05) is 25.1 Å². The van der Waals surface area contributed by atoms with E-state index in [1.54, 1.807) is 24.5 Å². The van der Waals surface area contributed by atoms with Crippen LogP contribution in [0.25, 0.3) is 39.0 Å². The Kier molecular flexibility index (Phi) is 8.03. The molecule has 0 aliphatic heterocycles. The molecule has 2 amide bonds. The summed E-state index contributed by atoms with van der Waals surface area (Å²) in [6, 6.07) is 26.3. The third-order valence-electron chi connectivity index (χ3n) is 7.47. The number of carbonyl (C=O) groups excluding carboxylic acids is 1. The third-order valence-corrected chi connectivity index (χ3v) is 7.80.